The lowest BCUT2D eigenvalue weighted by Crippen LogP contribution is -2.30. The Balaban J connectivity index is 4.37. The first-order valence-electron chi connectivity index (χ1n) is 32.1. The van der Waals surface area contributed by atoms with Crippen molar-refractivity contribution in [2.75, 3.05) is 13.2 Å². The molecular formula is C67H122O6. The molecule has 0 bridgehead atoms. The molecule has 6 heteroatoms. The Labute approximate surface area is 454 Å². The highest BCUT2D eigenvalue weighted by atomic mass is 16.6. The minimum absolute atomic E-state index is 0.0762. The second kappa shape index (κ2) is 61.9. The second-order valence-electron chi connectivity index (χ2n) is 21.7. The predicted octanol–water partition coefficient (Wildman–Crippen LogP) is 21.8. The number of hydrogen-bond donors (Lipinski definition) is 0. The van der Waals surface area contributed by atoms with Gasteiger partial charge in [-0.2, -0.15) is 0 Å². The van der Waals surface area contributed by atoms with E-state index in [-0.39, 0.29) is 31.1 Å². The molecule has 0 aromatic rings. The van der Waals surface area contributed by atoms with E-state index in [0.29, 0.717) is 19.3 Å². The summed E-state index contributed by atoms with van der Waals surface area (Å²) in [7, 11) is 0. The van der Waals surface area contributed by atoms with Gasteiger partial charge in [-0.1, -0.05) is 268 Å². The summed E-state index contributed by atoms with van der Waals surface area (Å²) in [5.41, 5.74) is 0. The van der Waals surface area contributed by atoms with Crippen LogP contribution in [0, 0.1) is 0 Å². The van der Waals surface area contributed by atoms with Crippen LogP contribution in [0.2, 0.25) is 0 Å². The second-order valence-corrected chi connectivity index (χ2v) is 21.7. The van der Waals surface area contributed by atoms with Gasteiger partial charge in [-0.05, 0) is 103 Å². The van der Waals surface area contributed by atoms with E-state index in [0.717, 1.165) is 64.2 Å². The molecular weight excluding hydrogens is 901 g/mol. The first-order valence-corrected chi connectivity index (χ1v) is 32.1. The van der Waals surface area contributed by atoms with Crippen LogP contribution in [0.1, 0.15) is 342 Å². The van der Waals surface area contributed by atoms with Crippen molar-refractivity contribution in [3.63, 3.8) is 0 Å². The van der Waals surface area contributed by atoms with Crippen LogP contribution >= 0.6 is 0 Å². The fourth-order valence-electron chi connectivity index (χ4n) is 9.41. The Morgan fingerprint density at radius 1 is 0.274 bits per heavy atom. The third-order valence-electron chi connectivity index (χ3n) is 14.3. The first-order chi connectivity index (χ1) is 36.0. The lowest BCUT2D eigenvalue weighted by Gasteiger charge is -2.18. The number of rotatable bonds is 59. The van der Waals surface area contributed by atoms with Crippen molar-refractivity contribution >= 4 is 17.9 Å². The van der Waals surface area contributed by atoms with E-state index in [9.17, 15) is 14.4 Å². The maximum absolute atomic E-state index is 12.9. The molecule has 0 saturated heterocycles. The molecule has 0 amide bonds. The van der Waals surface area contributed by atoms with E-state index in [1.165, 1.54) is 238 Å². The average Bonchev–Trinajstić information content (AvgIpc) is 3.39. The molecule has 0 N–H and O–H groups in total. The minimum atomic E-state index is -0.779. The van der Waals surface area contributed by atoms with E-state index >= 15 is 0 Å². The Hall–Kier alpha value is -2.63. The van der Waals surface area contributed by atoms with Crippen molar-refractivity contribution in [3.8, 4) is 0 Å². The molecule has 6 nitrogen and oxygen atoms in total. The summed E-state index contributed by atoms with van der Waals surface area (Å²) >= 11 is 0. The third kappa shape index (κ3) is 60.1. The Morgan fingerprint density at radius 3 is 0.795 bits per heavy atom. The summed E-state index contributed by atoms with van der Waals surface area (Å²) in [6.07, 6.45) is 76.8. The lowest BCUT2D eigenvalue weighted by atomic mass is 10.1. The molecule has 0 aliphatic heterocycles. The number of hydrogen-bond acceptors (Lipinski definition) is 6. The molecule has 73 heavy (non-hydrogen) atoms. The van der Waals surface area contributed by atoms with E-state index < -0.39 is 6.10 Å². The van der Waals surface area contributed by atoms with Crippen molar-refractivity contribution in [2.45, 2.75) is 348 Å². The number of ether oxygens (including phenoxy) is 3. The molecule has 426 valence electrons. The lowest BCUT2D eigenvalue weighted by molar-refractivity contribution is -0.167. The number of carbonyl (C=O) groups excluding carboxylic acids is 3. The third-order valence-corrected chi connectivity index (χ3v) is 14.3. The molecule has 0 aliphatic carbocycles. The van der Waals surface area contributed by atoms with Gasteiger partial charge in [0.1, 0.15) is 13.2 Å². The van der Waals surface area contributed by atoms with Crippen molar-refractivity contribution < 1.29 is 28.6 Å². The zero-order valence-corrected chi connectivity index (χ0v) is 48.9. The van der Waals surface area contributed by atoms with Gasteiger partial charge in [0.2, 0.25) is 0 Å². The highest BCUT2D eigenvalue weighted by Crippen LogP contribution is 2.16. The Bertz CT molecular complexity index is 1270. The number of esters is 3. The SMILES string of the molecule is CCCCC/C=C\C/C=C\CCCCCCCCCCCC(=O)OC[C@@H](COC(=O)CCCCCCCCC/C=C\CCCCCCCC)OC(=O)CCCCCCCCC/C=C\CCCCCCCCCC. The zero-order valence-electron chi connectivity index (χ0n) is 48.9. The molecule has 0 spiro atoms. The van der Waals surface area contributed by atoms with Gasteiger partial charge in [-0.15, -0.1) is 0 Å². The summed E-state index contributed by atoms with van der Waals surface area (Å²) in [5, 5.41) is 0. The topological polar surface area (TPSA) is 78.9 Å². The quantitative estimate of drug-likeness (QED) is 0.0261. The Morgan fingerprint density at radius 2 is 0.493 bits per heavy atom. The normalized spacial score (nSPS) is 12.3. The van der Waals surface area contributed by atoms with Gasteiger partial charge in [0, 0.05) is 19.3 Å². The molecule has 0 rings (SSSR count). The molecule has 0 heterocycles. The van der Waals surface area contributed by atoms with Crippen LogP contribution in [0.25, 0.3) is 0 Å². The highest BCUT2D eigenvalue weighted by molar-refractivity contribution is 5.71. The summed E-state index contributed by atoms with van der Waals surface area (Å²) in [4.78, 5) is 38.3. The number of allylic oxidation sites excluding steroid dienone is 8. The van der Waals surface area contributed by atoms with Crippen molar-refractivity contribution in [1.29, 1.82) is 0 Å². The van der Waals surface area contributed by atoms with Gasteiger partial charge in [-0.25, -0.2) is 0 Å². The van der Waals surface area contributed by atoms with Crippen LogP contribution in [0.4, 0.5) is 0 Å². The van der Waals surface area contributed by atoms with Gasteiger partial charge >= 0.3 is 17.9 Å². The van der Waals surface area contributed by atoms with Crippen molar-refractivity contribution in [1.82, 2.24) is 0 Å². The van der Waals surface area contributed by atoms with Crippen molar-refractivity contribution in [3.05, 3.63) is 48.6 Å². The summed E-state index contributed by atoms with van der Waals surface area (Å²) in [5.74, 6) is -0.869. The first kappa shape index (κ1) is 70.4. The van der Waals surface area contributed by atoms with Crippen LogP contribution in [0.3, 0.4) is 0 Å². The van der Waals surface area contributed by atoms with Crippen molar-refractivity contribution in [2.24, 2.45) is 0 Å². The predicted molar refractivity (Wildman–Crippen MR) is 316 cm³/mol. The van der Waals surface area contributed by atoms with Gasteiger partial charge in [-0.3, -0.25) is 14.4 Å². The Kier molecular flexibility index (Phi) is 59.7. The van der Waals surface area contributed by atoms with Gasteiger partial charge in [0.05, 0.1) is 0 Å². The summed E-state index contributed by atoms with van der Waals surface area (Å²) < 4.78 is 16.9. The molecule has 0 fully saturated rings. The largest absolute Gasteiger partial charge is 0.462 e. The summed E-state index contributed by atoms with van der Waals surface area (Å²) in [6, 6.07) is 0. The van der Waals surface area contributed by atoms with Crippen LogP contribution in [-0.2, 0) is 28.6 Å². The van der Waals surface area contributed by atoms with E-state index in [1.807, 2.05) is 0 Å². The monoisotopic (exact) mass is 1020 g/mol. The van der Waals surface area contributed by atoms with Gasteiger partial charge in [0.25, 0.3) is 0 Å². The molecule has 0 aliphatic rings. The van der Waals surface area contributed by atoms with Crippen LogP contribution in [-0.4, -0.2) is 37.2 Å². The molecule has 0 unspecified atom stereocenters. The fraction of sp³-hybridized carbons (Fsp3) is 0.836. The molecule has 0 aromatic heterocycles. The van der Waals surface area contributed by atoms with E-state index in [1.54, 1.807) is 0 Å². The molecule has 0 saturated carbocycles. The zero-order chi connectivity index (χ0) is 52.9. The van der Waals surface area contributed by atoms with E-state index in [2.05, 4.69) is 69.4 Å². The average molecular weight is 1020 g/mol. The smallest absolute Gasteiger partial charge is 0.306 e. The minimum Gasteiger partial charge on any atom is -0.462 e. The molecule has 0 aromatic carbocycles. The van der Waals surface area contributed by atoms with E-state index in [4.69, 9.17) is 14.2 Å². The maximum atomic E-state index is 12.9. The van der Waals surface area contributed by atoms with Crippen LogP contribution < -0.4 is 0 Å². The highest BCUT2D eigenvalue weighted by Gasteiger charge is 2.19. The standard InChI is InChI=1S/C67H122O6/c1-4-7-10-13-16-19-22-25-28-31-33-36-39-42-45-48-51-54-57-60-66(69)72-63-64(62-71-65(68)59-56-53-50-47-44-41-38-35-30-27-24-21-18-15-12-9-6-3)73-67(70)61-58-55-52-49-46-43-40-37-34-32-29-26-23-20-17-14-11-8-5-2/h16,19,25,27-28,30,32,34,64H,4-15,17-18,20-24,26,29,31,33,35-63H2,1-3H3/b19-16-,28-25-,30-27-,34-32-/t64-/m1/s1. The number of unbranched alkanes of at least 4 members (excludes halogenated alkanes) is 40. The van der Waals surface area contributed by atoms with Gasteiger partial charge < -0.3 is 14.2 Å². The summed E-state index contributed by atoms with van der Waals surface area (Å²) in [6.45, 7) is 6.65. The molecule has 1 atom stereocenters. The van der Waals surface area contributed by atoms with Crippen LogP contribution in [0.5, 0.6) is 0 Å². The fourth-order valence-corrected chi connectivity index (χ4v) is 9.41. The molecule has 0 radical (unpaired) electrons. The van der Waals surface area contributed by atoms with Crippen LogP contribution in [0.15, 0.2) is 48.6 Å². The number of carbonyl (C=O) groups is 3. The van der Waals surface area contributed by atoms with Gasteiger partial charge in [0.15, 0.2) is 6.10 Å². The maximum Gasteiger partial charge on any atom is 0.306 e.